The Bertz CT molecular complexity index is 603. The quantitative estimate of drug-likeness (QED) is 0.877. The molecule has 0 saturated heterocycles. The number of rotatable bonds is 3. The van der Waals surface area contributed by atoms with Crippen molar-refractivity contribution in [1.82, 2.24) is 0 Å². The fourth-order valence-electron chi connectivity index (χ4n) is 1.44. The van der Waals surface area contributed by atoms with Gasteiger partial charge in [0.15, 0.2) is 11.0 Å². The predicted octanol–water partition coefficient (Wildman–Crippen LogP) is 2.97. The Labute approximate surface area is 114 Å². The Hall–Kier alpha value is -2.27. The van der Waals surface area contributed by atoms with Crippen molar-refractivity contribution in [2.75, 3.05) is 12.4 Å². The van der Waals surface area contributed by atoms with E-state index in [4.69, 9.17) is 16.0 Å². The number of furan rings is 1. The van der Waals surface area contributed by atoms with Crippen LogP contribution in [0.3, 0.4) is 0 Å². The van der Waals surface area contributed by atoms with Crippen LogP contribution in [0.5, 0.6) is 0 Å². The number of nitrogens with one attached hydrogen (secondary N) is 1. The van der Waals surface area contributed by atoms with Gasteiger partial charge >= 0.3 is 5.97 Å². The molecule has 6 heteroatoms. The second kappa shape index (κ2) is 5.58. The molecule has 1 heterocycles. The summed E-state index contributed by atoms with van der Waals surface area (Å²) in [6.07, 6.45) is 0. The number of hydrogen-bond donors (Lipinski definition) is 1. The number of amides is 1. The maximum absolute atomic E-state index is 11.7. The van der Waals surface area contributed by atoms with Crippen LogP contribution in [0.1, 0.15) is 20.9 Å². The zero-order valence-corrected chi connectivity index (χ0v) is 10.7. The molecule has 98 valence electrons. The Morgan fingerprint density at radius 2 is 1.84 bits per heavy atom. The number of esters is 1. The normalized spacial score (nSPS) is 10.0. The van der Waals surface area contributed by atoms with Crippen molar-refractivity contribution in [3.8, 4) is 0 Å². The first-order valence-electron chi connectivity index (χ1n) is 5.35. The van der Waals surface area contributed by atoms with Crippen LogP contribution in [-0.4, -0.2) is 19.0 Å². The molecule has 0 saturated carbocycles. The summed E-state index contributed by atoms with van der Waals surface area (Å²) in [5, 5.41) is 2.76. The van der Waals surface area contributed by atoms with E-state index in [9.17, 15) is 9.59 Å². The standard InChI is InChI=1S/C13H10ClNO4/c1-18-13(17)8-2-4-9(5-3-8)15-12(16)10-6-7-11(14)19-10/h2-7H,1H3,(H,15,16). The number of anilines is 1. The fraction of sp³-hybridized carbons (Fsp3) is 0.0769. The van der Waals surface area contributed by atoms with E-state index in [1.165, 1.54) is 19.2 Å². The number of benzene rings is 1. The smallest absolute Gasteiger partial charge is 0.337 e. The van der Waals surface area contributed by atoms with Gasteiger partial charge < -0.3 is 14.5 Å². The van der Waals surface area contributed by atoms with Gasteiger partial charge in [-0.2, -0.15) is 0 Å². The van der Waals surface area contributed by atoms with Crippen LogP contribution in [0.25, 0.3) is 0 Å². The highest BCUT2D eigenvalue weighted by molar-refractivity contribution is 6.29. The molecule has 0 aliphatic rings. The number of halogens is 1. The van der Waals surface area contributed by atoms with Crippen molar-refractivity contribution in [2.24, 2.45) is 0 Å². The molecule has 2 rings (SSSR count). The summed E-state index contributed by atoms with van der Waals surface area (Å²) in [5.41, 5.74) is 0.937. The summed E-state index contributed by atoms with van der Waals surface area (Å²) in [4.78, 5) is 23.0. The molecule has 19 heavy (non-hydrogen) atoms. The van der Waals surface area contributed by atoms with E-state index in [-0.39, 0.29) is 11.0 Å². The van der Waals surface area contributed by atoms with Crippen LogP contribution in [0.2, 0.25) is 5.22 Å². The van der Waals surface area contributed by atoms with Gasteiger partial charge in [-0.05, 0) is 48.0 Å². The summed E-state index contributed by atoms with van der Waals surface area (Å²) < 4.78 is 9.55. The Morgan fingerprint density at radius 3 is 2.37 bits per heavy atom. The van der Waals surface area contributed by atoms with E-state index in [0.29, 0.717) is 11.3 Å². The lowest BCUT2D eigenvalue weighted by atomic mass is 10.2. The molecule has 1 amide bonds. The molecular weight excluding hydrogens is 270 g/mol. The first-order valence-corrected chi connectivity index (χ1v) is 5.73. The topological polar surface area (TPSA) is 68.5 Å². The minimum atomic E-state index is -0.435. The average molecular weight is 280 g/mol. The second-order valence-corrected chi connectivity index (χ2v) is 4.00. The maximum atomic E-state index is 11.7. The molecule has 0 unspecified atom stereocenters. The fourth-order valence-corrected chi connectivity index (χ4v) is 1.58. The summed E-state index contributed by atoms with van der Waals surface area (Å²) in [7, 11) is 1.30. The third kappa shape index (κ3) is 3.14. The van der Waals surface area contributed by atoms with E-state index in [0.717, 1.165) is 0 Å². The number of carbonyl (C=O) groups is 2. The minimum absolute atomic E-state index is 0.113. The number of ether oxygens (including phenoxy) is 1. The third-order valence-corrected chi connectivity index (χ3v) is 2.56. The molecule has 1 aromatic heterocycles. The highest BCUT2D eigenvalue weighted by Crippen LogP contribution is 2.16. The van der Waals surface area contributed by atoms with Gasteiger partial charge in [0.25, 0.3) is 5.91 Å². The van der Waals surface area contributed by atoms with Gasteiger partial charge in [-0.1, -0.05) is 0 Å². The summed E-state index contributed by atoms with van der Waals surface area (Å²) >= 11 is 5.58. The Balaban J connectivity index is 2.07. The number of carbonyl (C=O) groups excluding carboxylic acids is 2. The minimum Gasteiger partial charge on any atom is -0.465 e. The zero-order valence-electron chi connectivity index (χ0n) is 9.98. The van der Waals surface area contributed by atoms with Crippen LogP contribution in [0.4, 0.5) is 5.69 Å². The molecule has 2 aromatic rings. The molecule has 0 radical (unpaired) electrons. The molecular formula is C13H10ClNO4. The zero-order chi connectivity index (χ0) is 13.8. The molecule has 0 aliphatic carbocycles. The first kappa shape index (κ1) is 13.2. The van der Waals surface area contributed by atoms with Gasteiger partial charge in [-0.25, -0.2) is 4.79 Å². The van der Waals surface area contributed by atoms with Crippen LogP contribution in [0.15, 0.2) is 40.8 Å². The summed E-state index contributed by atoms with van der Waals surface area (Å²) in [6.45, 7) is 0. The predicted molar refractivity (Wildman–Crippen MR) is 69.5 cm³/mol. The molecule has 0 fully saturated rings. The monoisotopic (exact) mass is 279 g/mol. The van der Waals surface area contributed by atoms with Crippen molar-refractivity contribution < 1.29 is 18.7 Å². The molecule has 0 atom stereocenters. The van der Waals surface area contributed by atoms with Crippen LogP contribution in [-0.2, 0) is 4.74 Å². The largest absolute Gasteiger partial charge is 0.465 e. The van der Waals surface area contributed by atoms with Crippen molar-refractivity contribution in [2.45, 2.75) is 0 Å². The SMILES string of the molecule is COC(=O)c1ccc(NC(=O)c2ccc(Cl)o2)cc1. The van der Waals surface area contributed by atoms with Gasteiger partial charge in [0.1, 0.15) is 0 Å². The average Bonchev–Trinajstić information content (AvgIpc) is 2.85. The van der Waals surface area contributed by atoms with Gasteiger partial charge in [-0.15, -0.1) is 0 Å². The van der Waals surface area contributed by atoms with Crippen molar-refractivity contribution >= 4 is 29.2 Å². The lowest BCUT2D eigenvalue weighted by Crippen LogP contribution is -2.11. The van der Waals surface area contributed by atoms with Crippen LogP contribution >= 0.6 is 11.6 Å². The van der Waals surface area contributed by atoms with E-state index in [1.54, 1.807) is 24.3 Å². The molecule has 0 spiro atoms. The Morgan fingerprint density at radius 1 is 1.16 bits per heavy atom. The third-order valence-electron chi connectivity index (χ3n) is 2.36. The van der Waals surface area contributed by atoms with E-state index in [1.807, 2.05) is 0 Å². The summed E-state index contributed by atoms with van der Waals surface area (Å²) in [6, 6.07) is 9.24. The van der Waals surface area contributed by atoms with Crippen LogP contribution in [0, 0.1) is 0 Å². The van der Waals surface area contributed by atoms with Gasteiger partial charge in [0.2, 0.25) is 0 Å². The Kier molecular flexibility index (Phi) is 3.87. The van der Waals surface area contributed by atoms with Crippen molar-refractivity contribution in [1.29, 1.82) is 0 Å². The maximum Gasteiger partial charge on any atom is 0.337 e. The van der Waals surface area contributed by atoms with Crippen LogP contribution < -0.4 is 5.32 Å². The number of hydrogen-bond acceptors (Lipinski definition) is 4. The molecule has 0 bridgehead atoms. The van der Waals surface area contributed by atoms with E-state index >= 15 is 0 Å². The lowest BCUT2D eigenvalue weighted by Gasteiger charge is -2.04. The molecule has 5 nitrogen and oxygen atoms in total. The van der Waals surface area contributed by atoms with E-state index < -0.39 is 11.9 Å². The number of methoxy groups -OCH3 is 1. The first-order chi connectivity index (χ1) is 9.10. The second-order valence-electron chi connectivity index (χ2n) is 3.63. The van der Waals surface area contributed by atoms with Crippen molar-refractivity contribution in [3.63, 3.8) is 0 Å². The van der Waals surface area contributed by atoms with E-state index in [2.05, 4.69) is 10.1 Å². The highest BCUT2D eigenvalue weighted by Gasteiger charge is 2.11. The molecule has 0 aliphatic heterocycles. The lowest BCUT2D eigenvalue weighted by molar-refractivity contribution is 0.0600. The van der Waals surface area contributed by atoms with Crippen molar-refractivity contribution in [3.05, 3.63) is 52.9 Å². The molecule has 1 aromatic carbocycles. The van der Waals surface area contributed by atoms with Gasteiger partial charge in [0, 0.05) is 5.69 Å². The summed E-state index contributed by atoms with van der Waals surface area (Å²) in [5.74, 6) is -0.740. The van der Waals surface area contributed by atoms with Gasteiger partial charge in [0.05, 0.1) is 12.7 Å². The highest BCUT2D eigenvalue weighted by atomic mass is 35.5. The van der Waals surface area contributed by atoms with Gasteiger partial charge in [-0.3, -0.25) is 4.79 Å². The molecule has 1 N–H and O–H groups in total.